The van der Waals surface area contributed by atoms with Crippen LogP contribution in [0, 0.1) is 0 Å². The molecule has 3 aromatic rings. The maximum atomic E-state index is 12.9. The summed E-state index contributed by atoms with van der Waals surface area (Å²) in [6.45, 7) is 2.10. The number of carbonyl (C=O) groups excluding carboxylic acids is 3. The molecule has 0 atom stereocenters. The Kier molecular flexibility index (Phi) is 7.45. The second kappa shape index (κ2) is 10.5. The van der Waals surface area contributed by atoms with Gasteiger partial charge in [-0.3, -0.25) is 9.59 Å². The first kappa shape index (κ1) is 24.8. The highest BCUT2D eigenvalue weighted by molar-refractivity contribution is 6.53. The summed E-state index contributed by atoms with van der Waals surface area (Å²) in [5.41, 5.74) is 2.10. The van der Waals surface area contributed by atoms with Crippen LogP contribution in [0.2, 0.25) is 10.0 Å². The maximum absolute atomic E-state index is 12.9. The number of nitrogens with one attached hydrogen (secondary N) is 1. The van der Waals surface area contributed by atoms with E-state index in [0.29, 0.717) is 22.0 Å². The number of halogens is 3. The molecule has 0 fully saturated rings. The number of amides is 2. The summed E-state index contributed by atoms with van der Waals surface area (Å²) >= 11 is 18.1. The van der Waals surface area contributed by atoms with Gasteiger partial charge in [0.2, 0.25) is 0 Å². The van der Waals surface area contributed by atoms with Gasteiger partial charge >= 0.3 is 5.97 Å². The van der Waals surface area contributed by atoms with Gasteiger partial charge in [0.1, 0.15) is 16.5 Å². The smallest absolute Gasteiger partial charge is 0.343 e. The molecule has 0 bridgehead atoms. The molecule has 0 aromatic heterocycles. The Hall–Kier alpha value is -3.32. The first-order valence-corrected chi connectivity index (χ1v) is 11.8. The average Bonchev–Trinajstić information content (AvgIpc) is 3.06. The van der Waals surface area contributed by atoms with Gasteiger partial charge < -0.3 is 10.1 Å². The third-order valence-corrected chi connectivity index (χ3v) is 6.34. The van der Waals surface area contributed by atoms with Crippen LogP contribution in [0.15, 0.2) is 77.5 Å². The van der Waals surface area contributed by atoms with Crippen molar-refractivity contribution in [2.45, 2.75) is 19.8 Å². The predicted octanol–water partition coefficient (Wildman–Crippen LogP) is 6.60. The molecule has 1 aliphatic rings. The molecule has 1 heterocycles. The summed E-state index contributed by atoms with van der Waals surface area (Å²) in [7, 11) is 0. The van der Waals surface area contributed by atoms with Crippen molar-refractivity contribution in [2.75, 3.05) is 10.2 Å². The number of hydrogen-bond donors (Lipinski definition) is 1. The van der Waals surface area contributed by atoms with Crippen molar-refractivity contribution in [2.24, 2.45) is 0 Å². The Balaban J connectivity index is 1.45. The Labute approximate surface area is 217 Å². The van der Waals surface area contributed by atoms with E-state index in [2.05, 4.69) is 12.2 Å². The van der Waals surface area contributed by atoms with Crippen LogP contribution < -0.4 is 15.0 Å². The third kappa shape index (κ3) is 5.35. The van der Waals surface area contributed by atoms with Crippen molar-refractivity contribution in [3.8, 4) is 5.75 Å². The fourth-order valence-corrected chi connectivity index (χ4v) is 3.99. The van der Waals surface area contributed by atoms with Crippen LogP contribution in [0.5, 0.6) is 5.75 Å². The first-order chi connectivity index (χ1) is 16.8. The molecule has 178 valence electrons. The summed E-state index contributed by atoms with van der Waals surface area (Å²) in [6.07, 6.45) is 2.00. The van der Waals surface area contributed by atoms with E-state index >= 15 is 0 Å². The number of aryl methyl sites for hydroxylation is 1. The number of rotatable bonds is 7. The average molecular weight is 530 g/mol. The standard InChI is InChI=1S/C26H19Cl3N2O4/c1-2-3-15-4-11-19(12-5-15)35-26(34)16-6-8-17(9-7-16)30-23-22(29)24(32)31(25(23)33)18-10-13-20(27)21(28)14-18/h4-14,30H,2-3H2,1H3. The minimum atomic E-state index is -0.692. The van der Waals surface area contributed by atoms with E-state index in [1.54, 1.807) is 36.4 Å². The van der Waals surface area contributed by atoms with E-state index in [1.165, 1.54) is 23.8 Å². The van der Waals surface area contributed by atoms with Crippen LogP contribution in [0.3, 0.4) is 0 Å². The number of esters is 1. The van der Waals surface area contributed by atoms with Gasteiger partial charge in [-0.25, -0.2) is 9.69 Å². The monoisotopic (exact) mass is 528 g/mol. The van der Waals surface area contributed by atoms with Gasteiger partial charge in [0.05, 0.1) is 21.3 Å². The number of hydrogen-bond acceptors (Lipinski definition) is 5. The van der Waals surface area contributed by atoms with E-state index in [1.807, 2.05) is 12.1 Å². The second-order valence-electron chi connectivity index (χ2n) is 7.72. The normalized spacial score (nSPS) is 13.4. The lowest BCUT2D eigenvalue weighted by molar-refractivity contribution is -0.120. The van der Waals surface area contributed by atoms with Crippen molar-refractivity contribution in [3.05, 3.63) is 98.6 Å². The Morgan fingerprint density at radius 3 is 2.20 bits per heavy atom. The van der Waals surface area contributed by atoms with Crippen molar-refractivity contribution < 1.29 is 19.1 Å². The van der Waals surface area contributed by atoms with Crippen molar-refractivity contribution in [3.63, 3.8) is 0 Å². The topological polar surface area (TPSA) is 75.7 Å². The molecular formula is C26H19Cl3N2O4. The van der Waals surface area contributed by atoms with Crippen LogP contribution in [0.4, 0.5) is 11.4 Å². The molecule has 0 aliphatic carbocycles. The van der Waals surface area contributed by atoms with E-state index in [-0.39, 0.29) is 21.4 Å². The van der Waals surface area contributed by atoms with Crippen molar-refractivity contribution in [1.29, 1.82) is 0 Å². The quantitative estimate of drug-likeness (QED) is 0.212. The van der Waals surface area contributed by atoms with E-state index in [4.69, 9.17) is 39.5 Å². The molecule has 35 heavy (non-hydrogen) atoms. The highest BCUT2D eigenvalue weighted by Gasteiger charge is 2.39. The second-order valence-corrected chi connectivity index (χ2v) is 8.91. The number of carbonyl (C=O) groups is 3. The van der Waals surface area contributed by atoms with E-state index in [0.717, 1.165) is 17.7 Å². The van der Waals surface area contributed by atoms with Crippen LogP contribution in [-0.4, -0.2) is 17.8 Å². The summed E-state index contributed by atoms with van der Waals surface area (Å²) in [5.74, 6) is -1.41. The first-order valence-electron chi connectivity index (χ1n) is 10.7. The fourth-order valence-electron chi connectivity index (χ4n) is 3.48. The highest BCUT2D eigenvalue weighted by atomic mass is 35.5. The lowest BCUT2D eigenvalue weighted by Crippen LogP contribution is -2.32. The zero-order chi connectivity index (χ0) is 25.1. The molecular weight excluding hydrogens is 511 g/mol. The SMILES string of the molecule is CCCc1ccc(OC(=O)c2ccc(NC3=C(Cl)C(=O)N(c4ccc(Cl)c(Cl)c4)C3=O)cc2)cc1. The van der Waals surface area contributed by atoms with Gasteiger partial charge in [-0.1, -0.05) is 60.3 Å². The van der Waals surface area contributed by atoms with Gasteiger partial charge in [-0.05, 0) is 66.6 Å². The maximum Gasteiger partial charge on any atom is 0.343 e. The Bertz CT molecular complexity index is 1340. The van der Waals surface area contributed by atoms with Crippen molar-refractivity contribution in [1.82, 2.24) is 0 Å². The molecule has 0 unspecified atom stereocenters. The third-order valence-electron chi connectivity index (χ3n) is 5.25. The number of imide groups is 1. The molecule has 0 saturated carbocycles. The van der Waals surface area contributed by atoms with Crippen molar-refractivity contribution >= 4 is 64.0 Å². The molecule has 2 amide bonds. The molecule has 3 aromatic carbocycles. The van der Waals surface area contributed by atoms with Gasteiger partial charge in [-0.2, -0.15) is 0 Å². The fraction of sp³-hybridized carbons (Fsp3) is 0.115. The Morgan fingerprint density at radius 2 is 1.57 bits per heavy atom. The molecule has 1 N–H and O–H groups in total. The van der Waals surface area contributed by atoms with Crippen LogP contribution in [0.25, 0.3) is 0 Å². The van der Waals surface area contributed by atoms with Gasteiger partial charge in [0.15, 0.2) is 0 Å². The van der Waals surface area contributed by atoms with Gasteiger partial charge in [-0.15, -0.1) is 0 Å². The molecule has 0 radical (unpaired) electrons. The summed E-state index contributed by atoms with van der Waals surface area (Å²) in [4.78, 5) is 38.9. The molecule has 0 spiro atoms. The largest absolute Gasteiger partial charge is 0.423 e. The minimum absolute atomic E-state index is 0.0924. The predicted molar refractivity (Wildman–Crippen MR) is 137 cm³/mol. The van der Waals surface area contributed by atoms with Gasteiger partial charge in [0, 0.05) is 5.69 Å². The summed E-state index contributed by atoms with van der Waals surface area (Å²) < 4.78 is 5.42. The number of nitrogens with zero attached hydrogens (tertiary/aromatic N) is 1. The highest BCUT2D eigenvalue weighted by Crippen LogP contribution is 2.33. The molecule has 4 rings (SSSR count). The van der Waals surface area contributed by atoms with Crippen LogP contribution in [0.1, 0.15) is 29.3 Å². The lowest BCUT2D eigenvalue weighted by atomic mass is 10.1. The molecule has 1 aliphatic heterocycles. The van der Waals surface area contributed by atoms with Gasteiger partial charge in [0.25, 0.3) is 11.8 Å². The molecule has 9 heteroatoms. The number of anilines is 2. The molecule has 0 saturated heterocycles. The zero-order valence-electron chi connectivity index (χ0n) is 18.5. The number of benzene rings is 3. The Morgan fingerprint density at radius 1 is 0.886 bits per heavy atom. The minimum Gasteiger partial charge on any atom is -0.423 e. The lowest BCUT2D eigenvalue weighted by Gasteiger charge is -2.15. The van der Waals surface area contributed by atoms with Crippen LogP contribution in [-0.2, 0) is 16.0 Å². The van der Waals surface area contributed by atoms with E-state index < -0.39 is 17.8 Å². The zero-order valence-corrected chi connectivity index (χ0v) is 20.7. The molecule has 6 nitrogen and oxygen atoms in total. The van der Waals surface area contributed by atoms with E-state index in [9.17, 15) is 14.4 Å². The summed E-state index contributed by atoms with van der Waals surface area (Å²) in [5, 5.41) is 3.07. The summed E-state index contributed by atoms with van der Waals surface area (Å²) in [6, 6.07) is 18.0. The van der Waals surface area contributed by atoms with Crippen LogP contribution >= 0.6 is 34.8 Å². The number of ether oxygens (including phenoxy) is 1.